The zero-order valence-corrected chi connectivity index (χ0v) is 22.7. The number of fused-ring (bicyclic) bond motifs is 1. The monoisotopic (exact) mass is 532 g/mol. The largest absolute Gasteiger partial charge is 0.493 e. The number of carbonyl (C=O) groups is 3. The van der Waals surface area contributed by atoms with Crippen molar-refractivity contribution < 1.29 is 19.1 Å². The van der Waals surface area contributed by atoms with E-state index in [1.165, 1.54) is 11.2 Å². The molecule has 3 rings (SSSR count). The molecule has 11 heteroatoms. The Labute approximate surface area is 223 Å². The van der Waals surface area contributed by atoms with Gasteiger partial charge in [-0.1, -0.05) is 11.6 Å². The second-order valence-corrected chi connectivity index (χ2v) is 9.83. The Bertz CT molecular complexity index is 1050. The Morgan fingerprint density at radius 2 is 1.84 bits per heavy atom. The van der Waals surface area contributed by atoms with E-state index in [9.17, 15) is 14.4 Å². The molecule has 1 aliphatic heterocycles. The number of aromatic nitrogens is 3. The van der Waals surface area contributed by atoms with Crippen LogP contribution in [0.15, 0.2) is 30.9 Å². The molecule has 1 aromatic heterocycles. The molecule has 0 spiro atoms. The number of ether oxygens (including phenoxy) is 1. The first-order valence-electron chi connectivity index (χ1n) is 12.8. The van der Waals surface area contributed by atoms with Crippen molar-refractivity contribution in [3.8, 4) is 5.75 Å². The SMILES string of the molecule is C[C@H]1C(=O)N(C)CCCCN(C(=O)CCCn2cncn2)CCCCOc2ccc(Cl)cc2C(=O)N1C. The number of benzene rings is 1. The molecule has 0 radical (unpaired) electrons. The van der Waals surface area contributed by atoms with Crippen molar-refractivity contribution in [2.75, 3.05) is 40.3 Å². The second kappa shape index (κ2) is 14.0. The predicted molar refractivity (Wildman–Crippen MR) is 140 cm³/mol. The molecule has 0 bridgehead atoms. The minimum Gasteiger partial charge on any atom is -0.493 e. The fourth-order valence-electron chi connectivity index (χ4n) is 4.25. The van der Waals surface area contributed by atoms with Gasteiger partial charge in [0.05, 0.1) is 12.2 Å². The molecule has 0 fully saturated rings. The maximum absolute atomic E-state index is 13.2. The topological polar surface area (TPSA) is 101 Å². The van der Waals surface area contributed by atoms with Gasteiger partial charge in [0, 0.05) is 51.7 Å². The number of likely N-dealkylation sites (N-methyl/N-ethyl adjacent to an activating group) is 2. The number of rotatable bonds is 4. The third-order valence-electron chi connectivity index (χ3n) is 6.66. The highest BCUT2D eigenvalue weighted by Gasteiger charge is 2.28. The van der Waals surface area contributed by atoms with Gasteiger partial charge in [0.15, 0.2) is 0 Å². The first-order valence-corrected chi connectivity index (χ1v) is 13.2. The number of hydrogen-bond donors (Lipinski definition) is 0. The van der Waals surface area contributed by atoms with Crippen LogP contribution in [0.5, 0.6) is 5.75 Å². The van der Waals surface area contributed by atoms with Crippen molar-refractivity contribution in [2.45, 2.75) is 58.0 Å². The van der Waals surface area contributed by atoms with Gasteiger partial charge < -0.3 is 19.4 Å². The Morgan fingerprint density at radius 3 is 2.57 bits per heavy atom. The number of amides is 3. The molecule has 10 nitrogen and oxygen atoms in total. The van der Waals surface area contributed by atoms with E-state index in [2.05, 4.69) is 10.1 Å². The molecule has 202 valence electrons. The van der Waals surface area contributed by atoms with E-state index in [0.717, 1.165) is 25.7 Å². The van der Waals surface area contributed by atoms with Gasteiger partial charge in [-0.3, -0.25) is 19.1 Å². The summed E-state index contributed by atoms with van der Waals surface area (Å²) in [6, 6.07) is 4.28. The van der Waals surface area contributed by atoms with Crippen LogP contribution in [0.1, 0.15) is 55.8 Å². The van der Waals surface area contributed by atoms with Crippen LogP contribution in [0.4, 0.5) is 0 Å². The van der Waals surface area contributed by atoms with Gasteiger partial charge in [0.1, 0.15) is 24.4 Å². The highest BCUT2D eigenvalue weighted by molar-refractivity contribution is 6.31. The average molecular weight is 533 g/mol. The van der Waals surface area contributed by atoms with E-state index in [0.29, 0.717) is 62.0 Å². The Kier molecular flexibility index (Phi) is 10.7. The molecule has 2 aromatic rings. The molecular weight excluding hydrogens is 496 g/mol. The first kappa shape index (κ1) is 28.4. The maximum Gasteiger partial charge on any atom is 0.258 e. The van der Waals surface area contributed by atoms with E-state index in [4.69, 9.17) is 16.3 Å². The summed E-state index contributed by atoms with van der Waals surface area (Å²) in [6.07, 6.45) is 7.32. The predicted octanol–water partition coefficient (Wildman–Crippen LogP) is 3.11. The number of carbonyl (C=O) groups excluding carboxylic acids is 3. The lowest BCUT2D eigenvalue weighted by atomic mass is 10.1. The molecule has 3 amide bonds. The van der Waals surface area contributed by atoms with Crippen molar-refractivity contribution in [3.05, 3.63) is 41.4 Å². The lowest BCUT2D eigenvalue weighted by Gasteiger charge is -2.29. The highest BCUT2D eigenvalue weighted by atomic mass is 35.5. The lowest BCUT2D eigenvalue weighted by Crippen LogP contribution is -2.47. The Hall–Kier alpha value is -3.14. The number of aryl methyl sites for hydroxylation is 1. The molecule has 2 heterocycles. The van der Waals surface area contributed by atoms with Crippen LogP contribution in [0.25, 0.3) is 0 Å². The summed E-state index contributed by atoms with van der Waals surface area (Å²) in [7, 11) is 3.36. The molecule has 0 unspecified atom stereocenters. The van der Waals surface area contributed by atoms with E-state index in [1.807, 2.05) is 4.90 Å². The molecule has 0 saturated carbocycles. The van der Waals surface area contributed by atoms with Crippen LogP contribution >= 0.6 is 11.6 Å². The summed E-state index contributed by atoms with van der Waals surface area (Å²) in [5.74, 6) is 0.0771. The summed E-state index contributed by atoms with van der Waals surface area (Å²) in [4.78, 5) is 48.1. The van der Waals surface area contributed by atoms with Gasteiger partial charge in [-0.15, -0.1) is 0 Å². The van der Waals surface area contributed by atoms with Crippen LogP contribution in [0.2, 0.25) is 5.02 Å². The molecular formula is C26H37ClN6O4. The summed E-state index contributed by atoms with van der Waals surface area (Å²) >= 11 is 6.17. The molecule has 0 aliphatic carbocycles. The second-order valence-electron chi connectivity index (χ2n) is 9.40. The van der Waals surface area contributed by atoms with E-state index in [1.54, 1.807) is 55.1 Å². The zero-order chi connectivity index (χ0) is 26.8. The molecule has 1 aromatic carbocycles. The molecule has 0 saturated heterocycles. The van der Waals surface area contributed by atoms with Crippen LogP contribution in [0, 0.1) is 0 Å². The van der Waals surface area contributed by atoms with Crippen LogP contribution < -0.4 is 4.74 Å². The third kappa shape index (κ3) is 8.18. The van der Waals surface area contributed by atoms with Gasteiger partial charge in [0.2, 0.25) is 11.8 Å². The zero-order valence-electron chi connectivity index (χ0n) is 21.9. The molecule has 1 atom stereocenters. The van der Waals surface area contributed by atoms with Crippen molar-refractivity contribution in [1.29, 1.82) is 0 Å². The smallest absolute Gasteiger partial charge is 0.258 e. The minimum atomic E-state index is -0.650. The van der Waals surface area contributed by atoms with Crippen molar-refractivity contribution in [3.63, 3.8) is 0 Å². The summed E-state index contributed by atoms with van der Waals surface area (Å²) in [6.45, 7) is 4.58. The van der Waals surface area contributed by atoms with Gasteiger partial charge in [-0.2, -0.15) is 5.10 Å². The molecule has 37 heavy (non-hydrogen) atoms. The molecule has 1 aliphatic rings. The van der Waals surface area contributed by atoms with Crippen molar-refractivity contribution >= 4 is 29.3 Å². The van der Waals surface area contributed by atoms with Crippen LogP contribution in [-0.2, 0) is 16.1 Å². The van der Waals surface area contributed by atoms with Gasteiger partial charge in [-0.25, -0.2) is 4.98 Å². The third-order valence-corrected chi connectivity index (χ3v) is 6.89. The average Bonchev–Trinajstić information content (AvgIpc) is 3.41. The fraction of sp³-hybridized carbons (Fsp3) is 0.577. The number of halogens is 1. The Morgan fingerprint density at radius 1 is 1.11 bits per heavy atom. The fourth-order valence-corrected chi connectivity index (χ4v) is 4.43. The Balaban J connectivity index is 1.69. The lowest BCUT2D eigenvalue weighted by molar-refractivity contribution is -0.134. The summed E-state index contributed by atoms with van der Waals surface area (Å²) in [5.41, 5.74) is 0.325. The van der Waals surface area contributed by atoms with E-state index in [-0.39, 0.29) is 17.7 Å². The van der Waals surface area contributed by atoms with Gasteiger partial charge in [0.25, 0.3) is 5.91 Å². The van der Waals surface area contributed by atoms with Crippen molar-refractivity contribution in [2.24, 2.45) is 0 Å². The number of nitrogens with zero attached hydrogens (tertiary/aromatic N) is 6. The number of hydrogen-bond acceptors (Lipinski definition) is 6. The van der Waals surface area contributed by atoms with Crippen LogP contribution in [-0.4, -0.2) is 93.6 Å². The maximum atomic E-state index is 13.2. The van der Waals surface area contributed by atoms with E-state index >= 15 is 0 Å². The highest BCUT2D eigenvalue weighted by Crippen LogP contribution is 2.25. The first-order chi connectivity index (χ1) is 17.8. The minimum absolute atomic E-state index is 0.115. The molecule has 0 N–H and O–H groups in total. The van der Waals surface area contributed by atoms with Gasteiger partial charge in [-0.05, 0) is 57.2 Å². The van der Waals surface area contributed by atoms with Gasteiger partial charge >= 0.3 is 0 Å². The summed E-state index contributed by atoms with van der Waals surface area (Å²) < 4.78 is 7.68. The normalized spacial score (nSPS) is 18.8. The quantitative estimate of drug-likeness (QED) is 0.599. The summed E-state index contributed by atoms with van der Waals surface area (Å²) in [5, 5.41) is 4.50. The van der Waals surface area contributed by atoms with E-state index < -0.39 is 6.04 Å². The van der Waals surface area contributed by atoms with Crippen molar-refractivity contribution in [1.82, 2.24) is 29.5 Å². The standard InChI is InChI=1S/C26H37ClN6O4/c1-20-25(35)30(2)12-4-5-13-32(24(34)9-8-15-33-19-28-18-29-33)14-6-7-16-37-23-11-10-21(27)17-22(23)26(36)31(20)3/h10-11,17-20H,4-9,12-16H2,1-3H3/t20-/m0/s1. The van der Waals surface area contributed by atoms with Crippen LogP contribution in [0.3, 0.4) is 0 Å².